The lowest BCUT2D eigenvalue weighted by Gasteiger charge is -2.13. The molecule has 0 unspecified atom stereocenters. The average molecular weight is 365 g/mol. The molecule has 7 heteroatoms. The molecule has 2 rings (SSSR count). The Balaban J connectivity index is 1.81. The van der Waals surface area contributed by atoms with Crippen molar-refractivity contribution >= 4 is 23.3 Å². The largest absolute Gasteiger partial charge is 0.497 e. The van der Waals surface area contributed by atoms with Crippen molar-refractivity contribution in [3.8, 4) is 17.2 Å². The summed E-state index contributed by atoms with van der Waals surface area (Å²) in [6, 6.07) is 10.2. The minimum absolute atomic E-state index is 0.337. The number of halogens is 1. The summed E-state index contributed by atoms with van der Waals surface area (Å²) in [7, 11) is 3.09. The van der Waals surface area contributed by atoms with Crippen LogP contribution >= 0.6 is 11.6 Å². The van der Waals surface area contributed by atoms with Crippen molar-refractivity contribution in [2.24, 2.45) is 0 Å². The molecule has 0 radical (unpaired) electrons. The summed E-state index contributed by atoms with van der Waals surface area (Å²) >= 11 is 5.97. The Kier molecular flexibility index (Phi) is 6.77. The highest BCUT2D eigenvalue weighted by Crippen LogP contribution is 2.28. The molecule has 134 valence electrons. The maximum Gasteiger partial charge on any atom is 0.319 e. The SMILES string of the molecule is COc1ccc(OC)c(NC(=O)NCCOc2ccc(Cl)c(C)c2)c1. The van der Waals surface area contributed by atoms with Gasteiger partial charge in [-0.05, 0) is 42.8 Å². The molecule has 0 fully saturated rings. The second kappa shape index (κ2) is 9.03. The van der Waals surface area contributed by atoms with E-state index < -0.39 is 0 Å². The summed E-state index contributed by atoms with van der Waals surface area (Å²) in [5, 5.41) is 6.13. The molecule has 0 aliphatic rings. The van der Waals surface area contributed by atoms with Crippen molar-refractivity contribution in [1.82, 2.24) is 5.32 Å². The summed E-state index contributed by atoms with van der Waals surface area (Å²) in [5.74, 6) is 1.87. The van der Waals surface area contributed by atoms with E-state index in [0.717, 1.165) is 5.56 Å². The summed E-state index contributed by atoms with van der Waals surface area (Å²) in [6.45, 7) is 2.59. The molecule has 2 N–H and O–H groups in total. The van der Waals surface area contributed by atoms with Crippen LogP contribution in [-0.2, 0) is 0 Å². The third-order valence-corrected chi connectivity index (χ3v) is 3.86. The Labute approximate surface area is 152 Å². The van der Waals surface area contributed by atoms with Crippen molar-refractivity contribution in [3.05, 3.63) is 47.0 Å². The zero-order chi connectivity index (χ0) is 18.2. The van der Waals surface area contributed by atoms with Crippen LogP contribution in [0.5, 0.6) is 17.2 Å². The first-order valence-corrected chi connectivity index (χ1v) is 8.07. The van der Waals surface area contributed by atoms with Gasteiger partial charge in [-0.3, -0.25) is 0 Å². The van der Waals surface area contributed by atoms with Gasteiger partial charge in [0.1, 0.15) is 23.9 Å². The van der Waals surface area contributed by atoms with E-state index in [4.69, 9.17) is 25.8 Å². The molecule has 0 spiro atoms. The Morgan fingerprint density at radius 3 is 2.52 bits per heavy atom. The van der Waals surface area contributed by atoms with Gasteiger partial charge in [-0.15, -0.1) is 0 Å². The van der Waals surface area contributed by atoms with Gasteiger partial charge >= 0.3 is 6.03 Å². The number of rotatable bonds is 7. The summed E-state index contributed by atoms with van der Waals surface area (Å²) < 4.78 is 15.9. The van der Waals surface area contributed by atoms with Gasteiger partial charge in [0.05, 0.1) is 26.5 Å². The summed E-state index contributed by atoms with van der Waals surface area (Å²) in [4.78, 5) is 12.0. The first-order valence-electron chi connectivity index (χ1n) is 7.69. The number of aryl methyl sites for hydroxylation is 1. The van der Waals surface area contributed by atoms with Crippen molar-refractivity contribution in [2.75, 3.05) is 32.7 Å². The molecular formula is C18H21ClN2O4. The van der Waals surface area contributed by atoms with Crippen LogP contribution in [0.3, 0.4) is 0 Å². The lowest BCUT2D eigenvalue weighted by Crippen LogP contribution is -2.32. The monoisotopic (exact) mass is 364 g/mol. The summed E-state index contributed by atoms with van der Waals surface area (Å²) in [5.41, 5.74) is 1.46. The lowest BCUT2D eigenvalue weighted by atomic mass is 10.2. The fourth-order valence-corrected chi connectivity index (χ4v) is 2.24. The molecule has 2 aromatic carbocycles. The van der Waals surface area contributed by atoms with Crippen LogP contribution in [-0.4, -0.2) is 33.4 Å². The number of benzene rings is 2. The van der Waals surface area contributed by atoms with Crippen molar-refractivity contribution in [2.45, 2.75) is 6.92 Å². The topological polar surface area (TPSA) is 68.8 Å². The molecule has 0 saturated heterocycles. The number of hydrogen-bond donors (Lipinski definition) is 2. The van der Waals surface area contributed by atoms with Crippen LogP contribution in [0.2, 0.25) is 5.02 Å². The first-order chi connectivity index (χ1) is 12.0. The molecule has 0 aliphatic heterocycles. The maximum atomic E-state index is 12.0. The van der Waals surface area contributed by atoms with Gasteiger partial charge in [0.15, 0.2) is 0 Å². The smallest absolute Gasteiger partial charge is 0.319 e. The average Bonchev–Trinajstić information content (AvgIpc) is 2.61. The standard InChI is InChI=1S/C18H21ClN2O4/c1-12-10-14(4-6-15(12)19)25-9-8-20-18(22)21-16-11-13(23-2)5-7-17(16)24-3/h4-7,10-11H,8-9H2,1-3H3,(H2,20,21,22). The van der Waals surface area contributed by atoms with E-state index in [1.54, 1.807) is 37.4 Å². The van der Waals surface area contributed by atoms with Crippen LogP contribution in [0.4, 0.5) is 10.5 Å². The predicted molar refractivity (Wildman–Crippen MR) is 98.3 cm³/mol. The van der Waals surface area contributed by atoms with E-state index in [9.17, 15) is 4.79 Å². The molecule has 0 aliphatic carbocycles. The highest BCUT2D eigenvalue weighted by molar-refractivity contribution is 6.31. The van der Waals surface area contributed by atoms with E-state index in [1.165, 1.54) is 7.11 Å². The highest BCUT2D eigenvalue weighted by Gasteiger charge is 2.08. The lowest BCUT2D eigenvalue weighted by molar-refractivity contribution is 0.247. The minimum atomic E-state index is -0.359. The van der Waals surface area contributed by atoms with Crippen molar-refractivity contribution in [3.63, 3.8) is 0 Å². The molecule has 0 aromatic heterocycles. The van der Waals surface area contributed by atoms with Gasteiger partial charge in [-0.25, -0.2) is 4.79 Å². The number of hydrogen-bond acceptors (Lipinski definition) is 4. The third-order valence-electron chi connectivity index (χ3n) is 3.44. The van der Waals surface area contributed by atoms with Crippen LogP contribution in [0.1, 0.15) is 5.56 Å². The minimum Gasteiger partial charge on any atom is -0.497 e. The number of urea groups is 1. The number of amides is 2. The normalized spacial score (nSPS) is 10.1. The molecule has 6 nitrogen and oxygen atoms in total. The van der Waals surface area contributed by atoms with Gasteiger partial charge in [0.25, 0.3) is 0 Å². The Morgan fingerprint density at radius 2 is 1.84 bits per heavy atom. The molecule has 0 bridgehead atoms. The Morgan fingerprint density at radius 1 is 1.08 bits per heavy atom. The van der Waals surface area contributed by atoms with E-state index >= 15 is 0 Å². The molecular weight excluding hydrogens is 344 g/mol. The van der Waals surface area contributed by atoms with Crippen molar-refractivity contribution < 1.29 is 19.0 Å². The quantitative estimate of drug-likeness (QED) is 0.732. The van der Waals surface area contributed by atoms with Crippen molar-refractivity contribution in [1.29, 1.82) is 0 Å². The Hall–Kier alpha value is -2.60. The second-order valence-corrected chi connectivity index (χ2v) is 5.61. The van der Waals surface area contributed by atoms with Gasteiger partial charge in [0, 0.05) is 11.1 Å². The molecule has 2 amide bonds. The zero-order valence-corrected chi connectivity index (χ0v) is 15.1. The zero-order valence-electron chi connectivity index (χ0n) is 14.4. The van der Waals surface area contributed by atoms with Gasteiger partial charge in [-0.2, -0.15) is 0 Å². The number of methoxy groups -OCH3 is 2. The molecule has 0 heterocycles. The number of carbonyl (C=O) groups is 1. The number of ether oxygens (including phenoxy) is 3. The highest BCUT2D eigenvalue weighted by atomic mass is 35.5. The number of anilines is 1. The summed E-state index contributed by atoms with van der Waals surface area (Å²) in [6.07, 6.45) is 0. The first kappa shape index (κ1) is 18.7. The van der Waals surface area contributed by atoms with Gasteiger partial charge in [0.2, 0.25) is 0 Å². The fraction of sp³-hybridized carbons (Fsp3) is 0.278. The van der Waals surface area contributed by atoms with Gasteiger partial charge < -0.3 is 24.8 Å². The Bertz CT molecular complexity index is 737. The van der Waals surface area contributed by atoms with E-state index in [1.807, 2.05) is 13.0 Å². The predicted octanol–water partition coefficient (Wildman–Crippen LogP) is 3.87. The molecule has 0 atom stereocenters. The molecule has 25 heavy (non-hydrogen) atoms. The van der Waals surface area contributed by atoms with Crippen LogP contribution in [0.25, 0.3) is 0 Å². The number of carbonyl (C=O) groups excluding carboxylic acids is 1. The number of nitrogens with one attached hydrogen (secondary N) is 2. The molecule has 0 saturated carbocycles. The fourth-order valence-electron chi connectivity index (χ4n) is 2.12. The second-order valence-electron chi connectivity index (χ2n) is 5.21. The van der Waals surface area contributed by atoms with E-state index in [0.29, 0.717) is 41.1 Å². The molecule has 2 aromatic rings. The van der Waals surface area contributed by atoms with Gasteiger partial charge in [-0.1, -0.05) is 11.6 Å². The van der Waals surface area contributed by atoms with Crippen LogP contribution < -0.4 is 24.8 Å². The third kappa shape index (κ3) is 5.46. The maximum absolute atomic E-state index is 12.0. The van der Waals surface area contributed by atoms with Crippen LogP contribution in [0.15, 0.2) is 36.4 Å². The van der Waals surface area contributed by atoms with E-state index in [2.05, 4.69) is 10.6 Å². The van der Waals surface area contributed by atoms with E-state index in [-0.39, 0.29) is 6.03 Å². The van der Waals surface area contributed by atoms with Crippen LogP contribution in [0, 0.1) is 6.92 Å².